The van der Waals surface area contributed by atoms with E-state index in [9.17, 15) is 35.1 Å². The molecule has 11 heteroatoms. The lowest BCUT2D eigenvalue weighted by Crippen LogP contribution is -2.23. The van der Waals surface area contributed by atoms with Crippen molar-refractivity contribution in [2.75, 3.05) is 0 Å². The van der Waals surface area contributed by atoms with Gasteiger partial charge in [0.15, 0.2) is 11.6 Å². The first-order valence-corrected chi connectivity index (χ1v) is 10.2. The van der Waals surface area contributed by atoms with Gasteiger partial charge in [-0.15, -0.1) is 13.2 Å². The van der Waals surface area contributed by atoms with Crippen LogP contribution in [0.1, 0.15) is 30.0 Å². The lowest BCUT2D eigenvalue weighted by Gasteiger charge is -2.21. The van der Waals surface area contributed by atoms with E-state index in [1.165, 1.54) is 12.1 Å². The second-order valence-electron chi connectivity index (χ2n) is 7.35. The van der Waals surface area contributed by atoms with Crippen LogP contribution in [0.3, 0.4) is 0 Å². The van der Waals surface area contributed by atoms with Crippen molar-refractivity contribution in [3.8, 4) is 17.2 Å². The summed E-state index contributed by atoms with van der Waals surface area (Å²) in [7, 11) is 0. The van der Waals surface area contributed by atoms with E-state index in [1.54, 1.807) is 12.1 Å². The fourth-order valence-corrected chi connectivity index (χ4v) is 3.04. The summed E-state index contributed by atoms with van der Waals surface area (Å²) >= 11 is 0. The molecule has 0 aliphatic rings. The fourth-order valence-electron chi connectivity index (χ4n) is 3.04. The van der Waals surface area contributed by atoms with Crippen molar-refractivity contribution in [2.45, 2.75) is 38.3 Å². The van der Waals surface area contributed by atoms with E-state index in [2.05, 4.69) is 14.2 Å². The van der Waals surface area contributed by atoms with Crippen LogP contribution < -0.4 is 14.2 Å². The van der Waals surface area contributed by atoms with Crippen molar-refractivity contribution >= 4 is 0 Å². The first-order chi connectivity index (χ1) is 16.3. The minimum Gasteiger partial charge on any atom is -0.429 e. The Hall–Kier alpha value is -3.50. The van der Waals surface area contributed by atoms with Crippen LogP contribution in [0.5, 0.6) is 17.2 Å². The molecule has 0 N–H and O–H groups in total. The molecule has 0 saturated carbocycles. The Morgan fingerprint density at radius 1 is 0.629 bits per heavy atom. The van der Waals surface area contributed by atoms with E-state index < -0.39 is 52.8 Å². The van der Waals surface area contributed by atoms with Crippen molar-refractivity contribution in [3.05, 3.63) is 89.2 Å². The highest BCUT2D eigenvalue weighted by atomic mass is 19.4. The van der Waals surface area contributed by atoms with Gasteiger partial charge in [-0.3, -0.25) is 0 Å². The third-order valence-corrected chi connectivity index (χ3v) is 4.64. The van der Waals surface area contributed by atoms with Gasteiger partial charge in [-0.25, -0.2) is 4.39 Å². The molecule has 3 aromatic carbocycles. The second kappa shape index (κ2) is 10.0. The molecule has 0 heterocycles. The molecule has 35 heavy (non-hydrogen) atoms. The van der Waals surface area contributed by atoms with Crippen molar-refractivity contribution in [2.24, 2.45) is 0 Å². The average Bonchev–Trinajstić information content (AvgIpc) is 2.75. The van der Waals surface area contributed by atoms with E-state index in [1.807, 2.05) is 6.92 Å². The van der Waals surface area contributed by atoms with E-state index >= 15 is 0 Å². The number of hydrogen-bond acceptors (Lipinski definition) is 3. The zero-order chi connectivity index (χ0) is 25.9. The van der Waals surface area contributed by atoms with Gasteiger partial charge in [0.05, 0.1) is 11.1 Å². The number of ether oxygens (including phenoxy) is 3. The molecule has 0 aliphatic heterocycles. The number of rotatable bonds is 9. The molecule has 0 bridgehead atoms. The molecule has 0 amide bonds. The van der Waals surface area contributed by atoms with Crippen molar-refractivity contribution in [1.82, 2.24) is 0 Å². The van der Waals surface area contributed by atoms with Gasteiger partial charge < -0.3 is 14.2 Å². The van der Waals surface area contributed by atoms with Crippen LogP contribution >= 0.6 is 0 Å². The van der Waals surface area contributed by atoms with Gasteiger partial charge in [0.2, 0.25) is 0 Å². The minimum atomic E-state index is -5.17. The van der Waals surface area contributed by atoms with Gasteiger partial charge in [0, 0.05) is 6.07 Å². The summed E-state index contributed by atoms with van der Waals surface area (Å²) in [5, 5.41) is 0. The number of hydrogen-bond donors (Lipinski definition) is 0. The Balaban J connectivity index is 1.69. The Bertz CT molecular complexity index is 1130. The molecular weight excluding hydrogens is 488 g/mol. The number of aryl methyl sites for hydroxylation is 1. The summed E-state index contributed by atoms with van der Waals surface area (Å²) in [5.74, 6) is -4.01. The fraction of sp³-hybridized carbons (Fsp3) is 0.250. The molecule has 0 unspecified atom stereocenters. The largest absolute Gasteiger partial charge is 0.573 e. The van der Waals surface area contributed by atoms with Gasteiger partial charge in [0.25, 0.3) is 0 Å². The number of benzene rings is 3. The summed E-state index contributed by atoms with van der Waals surface area (Å²) in [5.41, 5.74) is -0.343. The topological polar surface area (TPSA) is 27.7 Å². The molecule has 3 aromatic rings. The van der Waals surface area contributed by atoms with Crippen molar-refractivity contribution < 1.29 is 49.3 Å². The third-order valence-electron chi connectivity index (χ3n) is 4.64. The van der Waals surface area contributed by atoms with Crippen LogP contribution in [0, 0.1) is 5.82 Å². The molecule has 0 fully saturated rings. The van der Waals surface area contributed by atoms with Crippen LogP contribution in [-0.2, 0) is 18.6 Å². The Morgan fingerprint density at radius 3 is 1.60 bits per heavy atom. The van der Waals surface area contributed by atoms with Crippen molar-refractivity contribution in [3.63, 3.8) is 0 Å². The highest BCUT2D eigenvalue weighted by Gasteiger charge is 2.37. The average molecular weight is 506 g/mol. The van der Waals surface area contributed by atoms with Gasteiger partial charge >= 0.3 is 18.6 Å². The molecule has 0 spiro atoms. The van der Waals surface area contributed by atoms with E-state index in [4.69, 9.17) is 0 Å². The molecule has 3 rings (SSSR count). The highest BCUT2D eigenvalue weighted by Crippen LogP contribution is 2.37. The van der Waals surface area contributed by atoms with Gasteiger partial charge in [-0.2, -0.15) is 17.6 Å². The van der Waals surface area contributed by atoms with Gasteiger partial charge in [-0.05, 0) is 60.5 Å². The standard InChI is InChI=1S/C24H18F8O3/c1-2-3-15-4-6-16(7-5-15)22(26,27)33-18-10-8-17(9-11-18)23(28,29)34-19-12-13-21(20(25)14-19)35-24(30,31)32/h4-14H,2-3H2,1H3. The van der Waals surface area contributed by atoms with E-state index in [0.29, 0.717) is 18.2 Å². The normalized spacial score (nSPS) is 12.4. The molecule has 0 radical (unpaired) electrons. The summed E-state index contributed by atoms with van der Waals surface area (Å²) in [6.45, 7) is 1.95. The number of alkyl halides is 7. The van der Waals surface area contributed by atoms with Gasteiger partial charge in [0.1, 0.15) is 11.5 Å². The highest BCUT2D eigenvalue weighted by molar-refractivity contribution is 5.35. The predicted molar refractivity (Wildman–Crippen MR) is 109 cm³/mol. The molecule has 0 saturated heterocycles. The monoisotopic (exact) mass is 506 g/mol. The smallest absolute Gasteiger partial charge is 0.429 e. The third kappa shape index (κ3) is 7.00. The van der Waals surface area contributed by atoms with Crippen LogP contribution in [0.25, 0.3) is 0 Å². The van der Waals surface area contributed by atoms with Crippen LogP contribution in [0.15, 0.2) is 66.7 Å². The van der Waals surface area contributed by atoms with Gasteiger partial charge in [-0.1, -0.05) is 25.5 Å². The summed E-state index contributed by atoms with van der Waals surface area (Å²) in [6.07, 6.45) is -11.4. The minimum absolute atomic E-state index is 0.290. The quantitative estimate of drug-likeness (QED) is 0.276. The Labute approximate surface area is 194 Å². The molecule has 0 aliphatic carbocycles. The Kier molecular flexibility index (Phi) is 7.47. The van der Waals surface area contributed by atoms with E-state index in [-0.39, 0.29) is 0 Å². The summed E-state index contributed by atoms with van der Waals surface area (Å²) in [6, 6.07) is 10.2. The Morgan fingerprint density at radius 2 is 1.11 bits per heavy atom. The maximum Gasteiger partial charge on any atom is 0.573 e. The van der Waals surface area contributed by atoms with Crippen LogP contribution in [-0.4, -0.2) is 6.36 Å². The van der Waals surface area contributed by atoms with Crippen LogP contribution in [0.4, 0.5) is 35.1 Å². The maximum absolute atomic E-state index is 14.4. The molecule has 3 nitrogen and oxygen atoms in total. The summed E-state index contributed by atoms with van der Waals surface area (Å²) in [4.78, 5) is 0. The molecule has 0 aromatic heterocycles. The number of halogens is 8. The first kappa shape index (κ1) is 26.1. The summed E-state index contributed by atoms with van der Waals surface area (Å²) < 4.78 is 121. The predicted octanol–water partition coefficient (Wildman–Crippen LogP) is 7.93. The zero-order valence-corrected chi connectivity index (χ0v) is 18.0. The maximum atomic E-state index is 14.4. The lowest BCUT2D eigenvalue weighted by atomic mass is 10.1. The lowest BCUT2D eigenvalue weighted by molar-refractivity contribution is -0.275. The first-order valence-electron chi connectivity index (χ1n) is 10.2. The molecule has 188 valence electrons. The zero-order valence-electron chi connectivity index (χ0n) is 18.0. The van der Waals surface area contributed by atoms with Crippen LogP contribution in [0.2, 0.25) is 0 Å². The van der Waals surface area contributed by atoms with E-state index in [0.717, 1.165) is 42.7 Å². The SMILES string of the molecule is CCCc1ccc(C(F)(F)Oc2ccc(C(F)(F)Oc3ccc(OC(F)(F)F)c(F)c3)cc2)cc1. The van der Waals surface area contributed by atoms with Crippen molar-refractivity contribution in [1.29, 1.82) is 0 Å². The molecule has 0 atom stereocenters. The second-order valence-corrected chi connectivity index (χ2v) is 7.35. The molecular formula is C24H18F8O3.